The van der Waals surface area contributed by atoms with Gasteiger partial charge in [-0.2, -0.15) is 0 Å². The predicted octanol–water partition coefficient (Wildman–Crippen LogP) is 2.94. The van der Waals surface area contributed by atoms with Gasteiger partial charge in [0.15, 0.2) is 5.75 Å². The molecule has 62 valence electrons. The lowest BCUT2D eigenvalue weighted by Gasteiger charge is -2.03. The zero-order valence-corrected chi connectivity index (χ0v) is 8.18. The molecule has 0 atom stereocenters. The van der Waals surface area contributed by atoms with Crippen LogP contribution in [-0.2, 0) is 0 Å². The lowest BCUT2D eigenvalue weighted by atomic mass is 10.2. The van der Waals surface area contributed by atoms with Crippen molar-refractivity contribution in [1.82, 2.24) is 4.98 Å². The highest BCUT2D eigenvalue weighted by Crippen LogP contribution is 2.32. The van der Waals surface area contributed by atoms with Crippen LogP contribution in [0.2, 0.25) is 0 Å². The first-order valence-electron chi connectivity index (χ1n) is 3.62. The summed E-state index contributed by atoms with van der Waals surface area (Å²) in [6.45, 7) is 0. The Bertz CT molecular complexity index is 408. The van der Waals surface area contributed by atoms with Crippen molar-refractivity contribution in [2.75, 3.05) is 7.11 Å². The molecule has 0 radical (unpaired) electrons. The average Bonchev–Trinajstić information content (AvgIpc) is 2.52. The van der Waals surface area contributed by atoms with Gasteiger partial charge in [-0.05, 0) is 28.1 Å². The van der Waals surface area contributed by atoms with Crippen LogP contribution in [0.1, 0.15) is 0 Å². The van der Waals surface area contributed by atoms with Crippen molar-refractivity contribution >= 4 is 26.8 Å². The number of nitrogens with one attached hydrogen (secondary N) is 1. The number of benzene rings is 1. The Labute approximate surface area is 78.7 Å². The van der Waals surface area contributed by atoms with E-state index in [1.54, 1.807) is 7.11 Å². The molecular formula is C9H8BrNO. The van der Waals surface area contributed by atoms with Gasteiger partial charge in [0.2, 0.25) is 0 Å². The summed E-state index contributed by atoms with van der Waals surface area (Å²) in [6, 6.07) is 6.04. The van der Waals surface area contributed by atoms with E-state index in [0.717, 1.165) is 21.1 Å². The third-order valence-corrected chi connectivity index (χ3v) is 2.46. The number of fused-ring (bicyclic) bond motifs is 1. The van der Waals surface area contributed by atoms with Gasteiger partial charge in [0.05, 0.1) is 17.1 Å². The third-order valence-electron chi connectivity index (χ3n) is 1.84. The maximum absolute atomic E-state index is 5.24. The van der Waals surface area contributed by atoms with Crippen molar-refractivity contribution in [3.05, 3.63) is 28.9 Å². The molecule has 0 fully saturated rings. The zero-order chi connectivity index (χ0) is 8.55. The van der Waals surface area contributed by atoms with E-state index in [2.05, 4.69) is 20.9 Å². The van der Waals surface area contributed by atoms with Crippen LogP contribution in [0.5, 0.6) is 5.75 Å². The molecule has 0 amide bonds. The molecule has 0 saturated carbocycles. The molecule has 12 heavy (non-hydrogen) atoms. The second kappa shape index (κ2) is 2.83. The molecule has 1 aromatic carbocycles. The van der Waals surface area contributed by atoms with Gasteiger partial charge in [-0.1, -0.05) is 6.07 Å². The number of halogens is 1. The van der Waals surface area contributed by atoms with E-state index in [-0.39, 0.29) is 0 Å². The molecule has 0 unspecified atom stereocenters. The number of hydrogen-bond donors (Lipinski definition) is 1. The van der Waals surface area contributed by atoms with E-state index >= 15 is 0 Å². The molecule has 3 heteroatoms. The van der Waals surface area contributed by atoms with Crippen molar-refractivity contribution < 1.29 is 4.74 Å². The Morgan fingerprint density at radius 1 is 1.33 bits per heavy atom. The van der Waals surface area contributed by atoms with E-state index in [9.17, 15) is 0 Å². The molecule has 0 aliphatic carbocycles. The Balaban J connectivity index is 2.83. The van der Waals surface area contributed by atoms with Gasteiger partial charge in [0.25, 0.3) is 0 Å². The van der Waals surface area contributed by atoms with Gasteiger partial charge in [-0.15, -0.1) is 0 Å². The largest absolute Gasteiger partial charge is 0.493 e. The first-order valence-corrected chi connectivity index (χ1v) is 4.42. The molecule has 2 aromatic rings. The van der Waals surface area contributed by atoms with Crippen LogP contribution in [-0.4, -0.2) is 12.1 Å². The van der Waals surface area contributed by atoms with Gasteiger partial charge >= 0.3 is 0 Å². The second-order valence-electron chi connectivity index (χ2n) is 2.52. The SMILES string of the molecule is COc1c(Br)ccc2cc[nH]c12. The summed E-state index contributed by atoms with van der Waals surface area (Å²) in [5.74, 6) is 0.859. The van der Waals surface area contributed by atoms with Gasteiger partial charge in [0.1, 0.15) is 0 Å². The Morgan fingerprint density at radius 3 is 2.92 bits per heavy atom. The molecule has 1 N–H and O–H groups in total. The summed E-state index contributed by atoms with van der Waals surface area (Å²) in [5, 5.41) is 1.16. The van der Waals surface area contributed by atoms with Crippen molar-refractivity contribution in [3.63, 3.8) is 0 Å². The van der Waals surface area contributed by atoms with E-state index < -0.39 is 0 Å². The summed E-state index contributed by atoms with van der Waals surface area (Å²) in [7, 11) is 1.67. The fourth-order valence-corrected chi connectivity index (χ4v) is 1.77. The van der Waals surface area contributed by atoms with Crippen LogP contribution in [0.25, 0.3) is 10.9 Å². The van der Waals surface area contributed by atoms with Crippen LogP contribution in [0.3, 0.4) is 0 Å². The number of H-pyrrole nitrogens is 1. The molecule has 2 nitrogen and oxygen atoms in total. The number of aromatic nitrogens is 1. The lowest BCUT2D eigenvalue weighted by molar-refractivity contribution is 0.416. The molecule has 0 aliphatic rings. The number of rotatable bonds is 1. The molecule has 0 saturated heterocycles. The van der Waals surface area contributed by atoms with E-state index in [0.29, 0.717) is 0 Å². The fourth-order valence-electron chi connectivity index (χ4n) is 1.27. The third kappa shape index (κ3) is 1.01. The summed E-state index contributed by atoms with van der Waals surface area (Å²) in [6.07, 6.45) is 1.90. The first-order chi connectivity index (χ1) is 5.83. The molecule has 1 heterocycles. The number of methoxy groups -OCH3 is 1. The summed E-state index contributed by atoms with van der Waals surface area (Å²) in [4.78, 5) is 3.12. The summed E-state index contributed by atoms with van der Waals surface area (Å²) >= 11 is 3.42. The van der Waals surface area contributed by atoms with Crippen LogP contribution in [0.15, 0.2) is 28.9 Å². The lowest BCUT2D eigenvalue weighted by Crippen LogP contribution is -1.85. The Morgan fingerprint density at radius 2 is 2.17 bits per heavy atom. The highest BCUT2D eigenvalue weighted by Gasteiger charge is 2.05. The van der Waals surface area contributed by atoms with Gasteiger partial charge in [-0.3, -0.25) is 0 Å². The molecule has 0 spiro atoms. The van der Waals surface area contributed by atoms with Crippen molar-refractivity contribution in [1.29, 1.82) is 0 Å². The highest BCUT2D eigenvalue weighted by atomic mass is 79.9. The topological polar surface area (TPSA) is 25.0 Å². The average molecular weight is 226 g/mol. The predicted molar refractivity (Wildman–Crippen MR) is 52.6 cm³/mol. The van der Waals surface area contributed by atoms with Gasteiger partial charge in [0, 0.05) is 11.6 Å². The number of aromatic amines is 1. The summed E-state index contributed by atoms with van der Waals surface area (Å²) in [5.41, 5.74) is 1.03. The number of hydrogen-bond acceptors (Lipinski definition) is 1. The van der Waals surface area contributed by atoms with Crippen molar-refractivity contribution in [2.45, 2.75) is 0 Å². The van der Waals surface area contributed by atoms with Crippen LogP contribution >= 0.6 is 15.9 Å². The minimum Gasteiger partial charge on any atom is -0.493 e. The van der Waals surface area contributed by atoms with E-state index in [1.165, 1.54) is 0 Å². The maximum Gasteiger partial charge on any atom is 0.157 e. The summed E-state index contributed by atoms with van der Waals surface area (Å²) < 4.78 is 6.21. The van der Waals surface area contributed by atoms with Crippen LogP contribution in [0, 0.1) is 0 Å². The molecule has 0 aliphatic heterocycles. The standard InChI is InChI=1S/C9H8BrNO/c1-12-9-7(10)3-2-6-4-5-11-8(6)9/h2-5,11H,1H3. The monoisotopic (exact) mass is 225 g/mol. The second-order valence-corrected chi connectivity index (χ2v) is 3.38. The molecular weight excluding hydrogens is 218 g/mol. The number of ether oxygens (including phenoxy) is 1. The van der Waals surface area contributed by atoms with Gasteiger partial charge in [-0.25, -0.2) is 0 Å². The highest BCUT2D eigenvalue weighted by molar-refractivity contribution is 9.10. The molecule has 0 bridgehead atoms. The zero-order valence-electron chi connectivity index (χ0n) is 6.60. The Hall–Kier alpha value is -0.960. The van der Waals surface area contributed by atoms with Crippen LogP contribution < -0.4 is 4.74 Å². The fraction of sp³-hybridized carbons (Fsp3) is 0.111. The quantitative estimate of drug-likeness (QED) is 0.794. The molecule has 2 rings (SSSR count). The van der Waals surface area contributed by atoms with Crippen molar-refractivity contribution in [3.8, 4) is 5.75 Å². The van der Waals surface area contributed by atoms with E-state index in [1.807, 2.05) is 24.4 Å². The van der Waals surface area contributed by atoms with Gasteiger partial charge < -0.3 is 9.72 Å². The first kappa shape index (κ1) is 7.68. The maximum atomic E-state index is 5.24. The van der Waals surface area contributed by atoms with Crippen molar-refractivity contribution in [2.24, 2.45) is 0 Å². The Kier molecular flexibility index (Phi) is 1.81. The normalized spacial score (nSPS) is 10.5. The minimum atomic E-state index is 0.859. The smallest absolute Gasteiger partial charge is 0.157 e. The van der Waals surface area contributed by atoms with E-state index in [4.69, 9.17) is 4.74 Å². The molecule has 1 aromatic heterocycles. The minimum absolute atomic E-state index is 0.859. The van der Waals surface area contributed by atoms with Crippen LogP contribution in [0.4, 0.5) is 0 Å².